The number of nitrogens with zero attached hydrogens (tertiary/aromatic N) is 1. The van der Waals surface area contributed by atoms with Crippen molar-refractivity contribution in [3.05, 3.63) is 34.3 Å². The van der Waals surface area contributed by atoms with Crippen LogP contribution in [0.25, 0.3) is 0 Å². The van der Waals surface area contributed by atoms with E-state index >= 15 is 0 Å². The van der Waals surface area contributed by atoms with Gasteiger partial charge in [-0.25, -0.2) is 4.79 Å². The van der Waals surface area contributed by atoms with E-state index in [0.717, 1.165) is 35.8 Å². The second kappa shape index (κ2) is 9.29. The maximum absolute atomic E-state index is 12.7. The molecule has 0 aromatic heterocycles. The molecule has 0 radical (unpaired) electrons. The summed E-state index contributed by atoms with van der Waals surface area (Å²) in [7, 11) is 0. The minimum Gasteiger partial charge on any atom is -0.444 e. The van der Waals surface area contributed by atoms with Gasteiger partial charge in [0.25, 0.3) is 0 Å². The van der Waals surface area contributed by atoms with Crippen LogP contribution >= 0.6 is 15.9 Å². The highest BCUT2D eigenvalue weighted by atomic mass is 79.9. The molecule has 2 rings (SSSR count). The average molecular weight is 453 g/mol. The Morgan fingerprint density at radius 2 is 1.82 bits per heavy atom. The molecule has 0 spiro atoms. The van der Waals surface area contributed by atoms with Crippen molar-refractivity contribution in [2.45, 2.75) is 64.9 Å². The first-order valence-electron chi connectivity index (χ1n) is 10.0. The van der Waals surface area contributed by atoms with Gasteiger partial charge >= 0.3 is 6.09 Å². The van der Waals surface area contributed by atoms with Gasteiger partial charge in [-0.1, -0.05) is 28.1 Å². The van der Waals surface area contributed by atoms with Crippen molar-refractivity contribution >= 4 is 27.9 Å². The second-order valence-electron chi connectivity index (χ2n) is 9.11. The summed E-state index contributed by atoms with van der Waals surface area (Å²) < 4.78 is 6.48. The Morgan fingerprint density at radius 1 is 1.18 bits per heavy atom. The van der Waals surface area contributed by atoms with Gasteiger partial charge in [0.05, 0.1) is 5.41 Å². The summed E-state index contributed by atoms with van der Waals surface area (Å²) in [6.45, 7) is 11.6. The molecule has 1 heterocycles. The molecule has 5 nitrogen and oxygen atoms in total. The quantitative estimate of drug-likeness (QED) is 0.692. The first-order valence-corrected chi connectivity index (χ1v) is 10.8. The zero-order valence-electron chi connectivity index (χ0n) is 17.7. The maximum atomic E-state index is 12.7. The smallest absolute Gasteiger partial charge is 0.410 e. The van der Waals surface area contributed by atoms with Crippen molar-refractivity contribution < 1.29 is 14.3 Å². The lowest BCUT2D eigenvalue weighted by molar-refractivity contribution is -0.125. The predicted molar refractivity (Wildman–Crippen MR) is 115 cm³/mol. The van der Waals surface area contributed by atoms with Crippen LogP contribution in [-0.4, -0.2) is 42.1 Å². The fourth-order valence-corrected chi connectivity index (χ4v) is 3.67. The molecule has 0 aliphatic carbocycles. The Hall–Kier alpha value is -1.56. The van der Waals surface area contributed by atoms with Crippen LogP contribution in [0.1, 0.15) is 59.4 Å². The van der Waals surface area contributed by atoms with Crippen LogP contribution in [0.2, 0.25) is 0 Å². The Bertz CT molecular complexity index is 680. The number of carbonyl (C=O) groups is 2. The number of hydrogen-bond acceptors (Lipinski definition) is 3. The fourth-order valence-electron chi connectivity index (χ4n) is 3.40. The molecule has 1 atom stereocenters. The molecule has 1 fully saturated rings. The molecule has 2 amide bonds. The topological polar surface area (TPSA) is 58.6 Å². The molecule has 0 saturated carbocycles. The fraction of sp³-hybridized carbons (Fsp3) is 0.636. The van der Waals surface area contributed by atoms with Gasteiger partial charge in [-0.15, -0.1) is 0 Å². The lowest BCUT2D eigenvalue weighted by atomic mass is 9.83. The standard InChI is InChI=1S/C22H33BrN2O3/c1-21(2,3)28-20(27)25-14-6-7-16(15-25)12-13-24-19(26)22(4,5)17-8-10-18(23)11-9-17/h8-11,16H,6-7,12-15H2,1-5H3,(H,24,26). The lowest BCUT2D eigenvalue weighted by Crippen LogP contribution is -2.44. The van der Waals surface area contributed by atoms with E-state index in [1.165, 1.54) is 0 Å². The van der Waals surface area contributed by atoms with Gasteiger partial charge < -0.3 is 15.0 Å². The number of rotatable bonds is 5. The Morgan fingerprint density at radius 3 is 2.43 bits per heavy atom. The summed E-state index contributed by atoms with van der Waals surface area (Å²) in [5.74, 6) is 0.409. The van der Waals surface area contributed by atoms with Gasteiger partial charge in [0, 0.05) is 24.1 Å². The van der Waals surface area contributed by atoms with Crippen molar-refractivity contribution in [2.75, 3.05) is 19.6 Å². The molecule has 28 heavy (non-hydrogen) atoms. The van der Waals surface area contributed by atoms with E-state index in [1.807, 2.05) is 58.9 Å². The highest BCUT2D eigenvalue weighted by molar-refractivity contribution is 9.10. The monoisotopic (exact) mass is 452 g/mol. The van der Waals surface area contributed by atoms with Crippen molar-refractivity contribution in [3.8, 4) is 0 Å². The van der Waals surface area contributed by atoms with Crippen LogP contribution in [0.15, 0.2) is 28.7 Å². The zero-order valence-corrected chi connectivity index (χ0v) is 19.3. The normalized spacial score (nSPS) is 17.9. The predicted octanol–water partition coefficient (Wildman–Crippen LogP) is 4.88. The van der Waals surface area contributed by atoms with E-state index < -0.39 is 11.0 Å². The number of halogens is 1. The highest BCUT2D eigenvalue weighted by Crippen LogP contribution is 2.26. The molecule has 1 aliphatic heterocycles. The van der Waals surface area contributed by atoms with Crippen LogP contribution in [0.5, 0.6) is 0 Å². The third kappa shape index (κ3) is 6.50. The molecule has 156 valence electrons. The van der Waals surface area contributed by atoms with Crippen molar-refractivity contribution in [1.82, 2.24) is 10.2 Å². The molecule has 1 aromatic carbocycles. The van der Waals surface area contributed by atoms with Gasteiger partial charge in [0.2, 0.25) is 5.91 Å². The minimum atomic E-state index is -0.587. The lowest BCUT2D eigenvalue weighted by Gasteiger charge is -2.34. The number of amides is 2. The van der Waals surface area contributed by atoms with Gasteiger partial charge in [-0.2, -0.15) is 0 Å². The minimum absolute atomic E-state index is 0.0228. The first-order chi connectivity index (χ1) is 13.0. The van der Waals surface area contributed by atoms with Gasteiger partial charge in [0.1, 0.15) is 5.60 Å². The van der Waals surface area contributed by atoms with Crippen molar-refractivity contribution in [1.29, 1.82) is 0 Å². The molecule has 1 aliphatic rings. The Labute approximate surface area is 177 Å². The van der Waals surface area contributed by atoms with Gasteiger partial charge in [0.15, 0.2) is 0 Å². The SMILES string of the molecule is CC(C)(C)OC(=O)N1CCCC(CCNC(=O)C(C)(C)c2ccc(Br)cc2)C1. The van der Waals surface area contributed by atoms with E-state index in [0.29, 0.717) is 19.0 Å². The number of hydrogen-bond donors (Lipinski definition) is 1. The summed E-state index contributed by atoms with van der Waals surface area (Å²) in [6, 6.07) is 7.86. The van der Waals surface area contributed by atoms with E-state index in [2.05, 4.69) is 21.2 Å². The Balaban J connectivity index is 1.82. The number of likely N-dealkylation sites (tertiary alicyclic amines) is 1. The van der Waals surface area contributed by atoms with E-state index in [1.54, 1.807) is 4.90 Å². The molecule has 0 bridgehead atoms. The average Bonchev–Trinajstić information content (AvgIpc) is 2.61. The zero-order chi connectivity index (χ0) is 20.9. The Kier molecular flexibility index (Phi) is 7.54. The van der Waals surface area contributed by atoms with Crippen LogP contribution in [0.3, 0.4) is 0 Å². The molecule has 1 N–H and O–H groups in total. The number of piperidine rings is 1. The summed E-state index contributed by atoms with van der Waals surface area (Å²) in [4.78, 5) is 26.8. The number of carbonyl (C=O) groups excluding carboxylic acids is 2. The van der Waals surface area contributed by atoms with E-state index in [9.17, 15) is 9.59 Å². The van der Waals surface area contributed by atoms with Crippen molar-refractivity contribution in [3.63, 3.8) is 0 Å². The third-order valence-corrected chi connectivity index (χ3v) is 5.67. The summed E-state index contributed by atoms with van der Waals surface area (Å²) in [5, 5.41) is 3.08. The molecular formula is C22H33BrN2O3. The number of ether oxygens (including phenoxy) is 1. The van der Waals surface area contributed by atoms with Crippen molar-refractivity contribution in [2.24, 2.45) is 5.92 Å². The first kappa shape index (κ1) is 22.7. The van der Waals surface area contributed by atoms with Crippen LogP contribution in [0, 0.1) is 5.92 Å². The van der Waals surface area contributed by atoms with E-state index in [-0.39, 0.29) is 12.0 Å². The number of benzene rings is 1. The maximum Gasteiger partial charge on any atom is 0.410 e. The number of nitrogens with one attached hydrogen (secondary N) is 1. The summed E-state index contributed by atoms with van der Waals surface area (Å²) in [6.07, 6.45) is 2.67. The van der Waals surface area contributed by atoms with Crippen LogP contribution in [-0.2, 0) is 14.9 Å². The molecule has 1 unspecified atom stereocenters. The van der Waals surface area contributed by atoms with Gasteiger partial charge in [-0.3, -0.25) is 4.79 Å². The van der Waals surface area contributed by atoms with Crippen LogP contribution in [0.4, 0.5) is 4.79 Å². The molecular weight excluding hydrogens is 420 g/mol. The largest absolute Gasteiger partial charge is 0.444 e. The molecule has 1 saturated heterocycles. The summed E-state index contributed by atoms with van der Waals surface area (Å²) in [5.41, 5.74) is -0.0751. The molecule has 1 aromatic rings. The van der Waals surface area contributed by atoms with Gasteiger partial charge in [-0.05, 0) is 77.5 Å². The highest BCUT2D eigenvalue weighted by Gasteiger charge is 2.30. The second-order valence-corrected chi connectivity index (χ2v) is 10.0. The summed E-state index contributed by atoms with van der Waals surface area (Å²) >= 11 is 3.43. The van der Waals surface area contributed by atoms with Crippen LogP contribution < -0.4 is 5.32 Å². The molecule has 6 heteroatoms. The third-order valence-electron chi connectivity index (χ3n) is 5.14. The van der Waals surface area contributed by atoms with E-state index in [4.69, 9.17) is 4.74 Å².